The number of fused-ring (bicyclic) bond motifs is 1. The van der Waals surface area contributed by atoms with Crippen LogP contribution in [0.1, 0.15) is 11.3 Å². The van der Waals surface area contributed by atoms with E-state index in [1.54, 1.807) is 14.2 Å². The van der Waals surface area contributed by atoms with Crippen LogP contribution in [-0.2, 0) is 13.6 Å². The molecule has 0 fully saturated rings. The average Bonchev–Trinajstić information content (AvgIpc) is 2.61. The molecule has 0 aliphatic carbocycles. The second-order valence-electron chi connectivity index (χ2n) is 4.05. The molecule has 0 aliphatic rings. The summed E-state index contributed by atoms with van der Waals surface area (Å²) < 4.78 is 12.8. The summed E-state index contributed by atoms with van der Waals surface area (Å²) >= 11 is 0. The molecule has 0 saturated heterocycles. The Morgan fingerprint density at radius 2 is 1.94 bits per heavy atom. The molecule has 92 valence electrons. The van der Waals surface area contributed by atoms with E-state index in [4.69, 9.17) is 15.2 Å². The van der Waals surface area contributed by atoms with Crippen LogP contribution in [0.15, 0.2) is 12.1 Å². The highest BCUT2D eigenvalue weighted by Gasteiger charge is 2.16. The SMILES string of the molecule is COc1cc(OC)c2c(CN)c(C)n(C)c2c1. The van der Waals surface area contributed by atoms with E-state index < -0.39 is 0 Å². The predicted octanol–water partition coefficient (Wildman–Crippen LogP) is 1.96. The largest absolute Gasteiger partial charge is 0.497 e. The quantitative estimate of drug-likeness (QED) is 0.883. The van der Waals surface area contributed by atoms with Crippen molar-refractivity contribution in [3.63, 3.8) is 0 Å². The fourth-order valence-electron chi connectivity index (χ4n) is 2.24. The van der Waals surface area contributed by atoms with Gasteiger partial charge >= 0.3 is 0 Å². The number of hydrogen-bond donors (Lipinski definition) is 1. The van der Waals surface area contributed by atoms with E-state index in [1.165, 1.54) is 0 Å². The Labute approximate surface area is 101 Å². The second-order valence-corrected chi connectivity index (χ2v) is 4.05. The predicted molar refractivity (Wildman–Crippen MR) is 68.7 cm³/mol. The van der Waals surface area contributed by atoms with Gasteiger partial charge in [0.05, 0.1) is 19.7 Å². The molecule has 0 aliphatic heterocycles. The van der Waals surface area contributed by atoms with Crippen molar-refractivity contribution in [1.82, 2.24) is 4.57 Å². The van der Waals surface area contributed by atoms with E-state index in [2.05, 4.69) is 11.5 Å². The molecule has 0 saturated carbocycles. The van der Waals surface area contributed by atoms with Crippen molar-refractivity contribution in [2.45, 2.75) is 13.5 Å². The molecule has 1 heterocycles. The van der Waals surface area contributed by atoms with Gasteiger partial charge in [0.15, 0.2) is 0 Å². The van der Waals surface area contributed by atoms with Crippen molar-refractivity contribution >= 4 is 10.9 Å². The topological polar surface area (TPSA) is 49.4 Å². The van der Waals surface area contributed by atoms with Crippen LogP contribution >= 0.6 is 0 Å². The van der Waals surface area contributed by atoms with Crippen LogP contribution in [0.4, 0.5) is 0 Å². The van der Waals surface area contributed by atoms with E-state index in [1.807, 2.05) is 19.2 Å². The third kappa shape index (κ3) is 1.65. The van der Waals surface area contributed by atoms with Crippen LogP contribution in [-0.4, -0.2) is 18.8 Å². The molecular weight excluding hydrogens is 216 g/mol. The molecule has 2 N–H and O–H groups in total. The first-order chi connectivity index (χ1) is 8.13. The lowest BCUT2D eigenvalue weighted by Crippen LogP contribution is -1.99. The van der Waals surface area contributed by atoms with Crippen molar-refractivity contribution in [3.05, 3.63) is 23.4 Å². The Morgan fingerprint density at radius 3 is 2.47 bits per heavy atom. The van der Waals surface area contributed by atoms with Gasteiger partial charge < -0.3 is 19.8 Å². The molecule has 4 nitrogen and oxygen atoms in total. The molecule has 0 spiro atoms. The average molecular weight is 234 g/mol. The first-order valence-corrected chi connectivity index (χ1v) is 5.54. The van der Waals surface area contributed by atoms with Crippen molar-refractivity contribution in [1.29, 1.82) is 0 Å². The molecule has 17 heavy (non-hydrogen) atoms. The molecule has 0 atom stereocenters. The number of ether oxygens (including phenoxy) is 2. The summed E-state index contributed by atoms with van der Waals surface area (Å²) in [5.41, 5.74) is 9.19. The summed E-state index contributed by atoms with van der Waals surface area (Å²) in [5, 5.41) is 1.08. The van der Waals surface area contributed by atoms with Crippen LogP contribution in [0.2, 0.25) is 0 Å². The minimum Gasteiger partial charge on any atom is -0.497 e. The summed E-state index contributed by atoms with van der Waals surface area (Å²) in [7, 11) is 5.34. The smallest absolute Gasteiger partial charge is 0.132 e. The van der Waals surface area contributed by atoms with Crippen molar-refractivity contribution < 1.29 is 9.47 Å². The molecule has 1 aromatic carbocycles. The minimum atomic E-state index is 0.506. The molecule has 0 unspecified atom stereocenters. The number of hydrogen-bond acceptors (Lipinski definition) is 3. The third-order valence-electron chi connectivity index (χ3n) is 3.32. The van der Waals surface area contributed by atoms with Crippen molar-refractivity contribution in [3.8, 4) is 11.5 Å². The van der Waals surface area contributed by atoms with Gasteiger partial charge in [0.1, 0.15) is 11.5 Å². The highest BCUT2D eigenvalue weighted by atomic mass is 16.5. The standard InChI is InChI=1S/C13H18N2O2/c1-8-10(7-14)13-11(15(8)2)5-9(16-3)6-12(13)17-4/h5-6H,7,14H2,1-4H3. The van der Waals surface area contributed by atoms with Gasteiger partial charge in [-0.2, -0.15) is 0 Å². The van der Waals surface area contributed by atoms with Gasteiger partial charge in [-0.05, 0) is 12.5 Å². The van der Waals surface area contributed by atoms with Crippen LogP contribution in [0.3, 0.4) is 0 Å². The Morgan fingerprint density at radius 1 is 1.24 bits per heavy atom. The lowest BCUT2D eigenvalue weighted by Gasteiger charge is -2.07. The number of aryl methyl sites for hydroxylation is 1. The number of nitrogens with two attached hydrogens (primary N) is 1. The van der Waals surface area contributed by atoms with Crippen molar-refractivity contribution in [2.24, 2.45) is 12.8 Å². The molecule has 0 radical (unpaired) electrons. The minimum absolute atomic E-state index is 0.506. The molecule has 1 aromatic heterocycles. The van der Waals surface area contributed by atoms with E-state index in [-0.39, 0.29) is 0 Å². The summed E-state index contributed by atoms with van der Waals surface area (Å²) in [6.07, 6.45) is 0. The summed E-state index contributed by atoms with van der Waals surface area (Å²) in [5.74, 6) is 1.60. The third-order valence-corrected chi connectivity index (χ3v) is 3.32. The summed E-state index contributed by atoms with van der Waals surface area (Å²) in [6.45, 7) is 2.57. The number of aromatic nitrogens is 1. The fraction of sp³-hybridized carbons (Fsp3) is 0.385. The van der Waals surface area contributed by atoms with Gasteiger partial charge in [0, 0.05) is 36.8 Å². The number of methoxy groups -OCH3 is 2. The highest BCUT2D eigenvalue weighted by Crippen LogP contribution is 2.36. The summed E-state index contributed by atoms with van der Waals surface area (Å²) in [4.78, 5) is 0. The van der Waals surface area contributed by atoms with Gasteiger partial charge in [-0.15, -0.1) is 0 Å². The first-order valence-electron chi connectivity index (χ1n) is 5.54. The molecular formula is C13H18N2O2. The molecule has 4 heteroatoms. The Kier molecular flexibility index (Phi) is 2.98. The normalized spacial score (nSPS) is 10.9. The Balaban J connectivity index is 2.89. The zero-order chi connectivity index (χ0) is 12.6. The number of rotatable bonds is 3. The second kappa shape index (κ2) is 4.30. The lowest BCUT2D eigenvalue weighted by molar-refractivity contribution is 0.397. The van der Waals surface area contributed by atoms with Gasteiger partial charge in [0.25, 0.3) is 0 Å². The van der Waals surface area contributed by atoms with Crippen LogP contribution < -0.4 is 15.2 Å². The van der Waals surface area contributed by atoms with Gasteiger partial charge in [-0.1, -0.05) is 0 Å². The maximum atomic E-state index is 5.82. The summed E-state index contributed by atoms with van der Waals surface area (Å²) in [6, 6.07) is 3.89. The first kappa shape index (κ1) is 11.8. The van der Waals surface area contributed by atoms with Gasteiger partial charge in [-0.3, -0.25) is 0 Å². The fourth-order valence-corrected chi connectivity index (χ4v) is 2.24. The van der Waals surface area contributed by atoms with Gasteiger partial charge in [0.2, 0.25) is 0 Å². The highest BCUT2D eigenvalue weighted by molar-refractivity contribution is 5.92. The van der Waals surface area contributed by atoms with E-state index in [0.717, 1.165) is 33.7 Å². The lowest BCUT2D eigenvalue weighted by atomic mass is 10.1. The van der Waals surface area contributed by atoms with E-state index >= 15 is 0 Å². The Hall–Kier alpha value is -1.68. The zero-order valence-electron chi connectivity index (χ0n) is 10.7. The van der Waals surface area contributed by atoms with E-state index in [9.17, 15) is 0 Å². The molecule has 2 rings (SSSR count). The van der Waals surface area contributed by atoms with Crippen LogP contribution in [0.5, 0.6) is 11.5 Å². The van der Waals surface area contributed by atoms with E-state index in [0.29, 0.717) is 6.54 Å². The molecule has 2 aromatic rings. The van der Waals surface area contributed by atoms with Gasteiger partial charge in [-0.25, -0.2) is 0 Å². The zero-order valence-corrected chi connectivity index (χ0v) is 10.7. The monoisotopic (exact) mass is 234 g/mol. The maximum Gasteiger partial charge on any atom is 0.132 e. The maximum absolute atomic E-state index is 5.82. The number of benzene rings is 1. The van der Waals surface area contributed by atoms with Crippen LogP contribution in [0, 0.1) is 6.92 Å². The number of nitrogens with zero attached hydrogens (tertiary/aromatic N) is 1. The Bertz CT molecular complexity index is 558. The van der Waals surface area contributed by atoms with Crippen molar-refractivity contribution in [2.75, 3.05) is 14.2 Å². The molecule has 0 amide bonds. The van der Waals surface area contributed by atoms with Crippen LogP contribution in [0.25, 0.3) is 10.9 Å². The molecule has 0 bridgehead atoms.